The normalized spacial score (nSPS) is 32.6. The highest BCUT2D eigenvalue weighted by atomic mass is 16.8. The third-order valence-corrected chi connectivity index (χ3v) is 4.42. The van der Waals surface area contributed by atoms with E-state index in [0.29, 0.717) is 0 Å². The molecule has 3 aliphatic rings. The largest absolute Gasteiger partial charge is 0.443 e. The number of epoxide rings is 1. The van der Waals surface area contributed by atoms with Crippen LogP contribution in [0.3, 0.4) is 0 Å². The second-order valence-corrected chi connectivity index (χ2v) is 5.63. The molecule has 1 saturated carbocycles. The zero-order valence-electron chi connectivity index (χ0n) is 10.6. The summed E-state index contributed by atoms with van der Waals surface area (Å²) in [5, 5.41) is 0. The Kier molecular flexibility index (Phi) is 2.13. The molecule has 0 N–H and O–H groups in total. The highest BCUT2D eigenvalue weighted by Gasteiger charge is 2.60. The molecule has 0 bridgehead atoms. The minimum absolute atomic E-state index is 0.000764. The summed E-state index contributed by atoms with van der Waals surface area (Å²) in [5.74, 6) is 0.767. The molecule has 1 saturated heterocycles. The van der Waals surface area contributed by atoms with Gasteiger partial charge in [0.15, 0.2) is 0 Å². The Hall–Kier alpha value is -1.29. The molecule has 1 aromatic rings. The van der Waals surface area contributed by atoms with Crippen LogP contribution in [0, 0.1) is 0 Å². The van der Waals surface area contributed by atoms with E-state index in [-0.39, 0.29) is 17.9 Å². The Morgan fingerprint density at radius 1 is 1.33 bits per heavy atom. The fourth-order valence-corrected chi connectivity index (χ4v) is 3.33. The van der Waals surface area contributed by atoms with Gasteiger partial charge in [-0.1, -0.05) is 19.3 Å². The van der Waals surface area contributed by atoms with Gasteiger partial charge in [-0.3, -0.25) is 0 Å². The maximum Gasteiger partial charge on any atom is 0.236 e. The third kappa shape index (κ3) is 1.45. The van der Waals surface area contributed by atoms with Gasteiger partial charge in [-0.05, 0) is 25.0 Å². The molecule has 1 aliphatic carbocycles. The van der Waals surface area contributed by atoms with Gasteiger partial charge in [-0.15, -0.1) is 0 Å². The number of fused-ring (bicyclic) bond motifs is 2. The van der Waals surface area contributed by atoms with Crippen molar-refractivity contribution in [3.63, 3.8) is 0 Å². The van der Waals surface area contributed by atoms with Crippen LogP contribution in [0.1, 0.15) is 37.8 Å². The van der Waals surface area contributed by atoms with Gasteiger partial charge in [0.25, 0.3) is 0 Å². The Labute approximate surface area is 107 Å². The lowest BCUT2D eigenvalue weighted by Gasteiger charge is -2.34. The molecule has 4 nitrogen and oxygen atoms in total. The van der Waals surface area contributed by atoms with Crippen molar-refractivity contribution in [1.82, 2.24) is 4.57 Å². The predicted molar refractivity (Wildman–Crippen MR) is 67.5 cm³/mol. The Bertz CT molecular complexity index is 500. The van der Waals surface area contributed by atoms with Crippen molar-refractivity contribution in [3.8, 4) is 0 Å². The summed E-state index contributed by atoms with van der Waals surface area (Å²) in [6.45, 7) is 0. The van der Waals surface area contributed by atoms with Crippen LogP contribution < -0.4 is 0 Å². The number of aliphatic imine (C=N–C) groups is 1. The van der Waals surface area contributed by atoms with Crippen molar-refractivity contribution >= 4 is 5.90 Å². The van der Waals surface area contributed by atoms with Crippen LogP contribution in [0.4, 0.5) is 0 Å². The highest BCUT2D eigenvalue weighted by molar-refractivity contribution is 5.93. The SMILES string of the molecule is Cn1cccc1C1=NC2(CCCCC2)C2OC2O1. The molecule has 2 fully saturated rings. The van der Waals surface area contributed by atoms with Crippen molar-refractivity contribution in [3.05, 3.63) is 24.0 Å². The van der Waals surface area contributed by atoms with E-state index in [0.717, 1.165) is 24.4 Å². The van der Waals surface area contributed by atoms with Gasteiger partial charge in [-0.25, -0.2) is 4.99 Å². The maximum atomic E-state index is 5.82. The van der Waals surface area contributed by atoms with Gasteiger partial charge < -0.3 is 14.0 Å². The smallest absolute Gasteiger partial charge is 0.236 e. The number of aromatic nitrogens is 1. The molecule has 2 atom stereocenters. The van der Waals surface area contributed by atoms with E-state index in [1.807, 2.05) is 19.3 Å². The van der Waals surface area contributed by atoms with Crippen LogP contribution in [0.5, 0.6) is 0 Å². The van der Waals surface area contributed by atoms with E-state index in [4.69, 9.17) is 14.5 Å². The van der Waals surface area contributed by atoms with Gasteiger partial charge in [-0.2, -0.15) is 0 Å². The fourth-order valence-electron chi connectivity index (χ4n) is 3.33. The number of nitrogens with zero attached hydrogens (tertiary/aromatic N) is 2. The van der Waals surface area contributed by atoms with Gasteiger partial charge in [0, 0.05) is 13.2 Å². The first-order valence-electron chi connectivity index (χ1n) is 6.82. The van der Waals surface area contributed by atoms with E-state index in [2.05, 4.69) is 10.6 Å². The van der Waals surface area contributed by atoms with E-state index in [1.54, 1.807) is 0 Å². The monoisotopic (exact) mass is 246 g/mol. The lowest BCUT2D eigenvalue weighted by Crippen LogP contribution is -2.42. The van der Waals surface area contributed by atoms with E-state index >= 15 is 0 Å². The first-order chi connectivity index (χ1) is 8.78. The first-order valence-corrected chi connectivity index (χ1v) is 6.82. The van der Waals surface area contributed by atoms with Gasteiger partial charge in [0.1, 0.15) is 11.8 Å². The second-order valence-electron chi connectivity index (χ2n) is 5.63. The second kappa shape index (κ2) is 3.60. The lowest BCUT2D eigenvalue weighted by molar-refractivity contribution is 0.166. The van der Waals surface area contributed by atoms with E-state index in [1.165, 1.54) is 19.3 Å². The zero-order valence-corrected chi connectivity index (χ0v) is 10.6. The van der Waals surface area contributed by atoms with E-state index < -0.39 is 0 Å². The minimum Gasteiger partial charge on any atom is -0.443 e. The zero-order chi connectivity index (χ0) is 12.2. The van der Waals surface area contributed by atoms with E-state index in [9.17, 15) is 0 Å². The van der Waals surface area contributed by atoms with Crippen molar-refractivity contribution in [2.75, 3.05) is 0 Å². The van der Waals surface area contributed by atoms with Crippen LogP contribution in [0.25, 0.3) is 0 Å². The van der Waals surface area contributed by atoms with Crippen molar-refractivity contribution in [2.24, 2.45) is 12.0 Å². The van der Waals surface area contributed by atoms with Gasteiger partial charge in [0.05, 0.1) is 5.54 Å². The summed E-state index contributed by atoms with van der Waals surface area (Å²) < 4.78 is 13.6. The summed E-state index contributed by atoms with van der Waals surface area (Å²) in [6, 6.07) is 4.08. The number of hydrogen-bond acceptors (Lipinski definition) is 3. The van der Waals surface area contributed by atoms with Crippen molar-refractivity contribution < 1.29 is 9.47 Å². The molecule has 96 valence electrons. The molecule has 4 rings (SSSR count). The number of hydrogen-bond donors (Lipinski definition) is 0. The molecule has 3 heterocycles. The van der Waals surface area contributed by atoms with Crippen LogP contribution in [-0.4, -0.2) is 28.4 Å². The van der Waals surface area contributed by atoms with Crippen LogP contribution in [-0.2, 0) is 16.5 Å². The Balaban J connectivity index is 1.74. The summed E-state index contributed by atoms with van der Waals surface area (Å²) in [5.41, 5.74) is 1.05. The molecule has 1 aromatic heterocycles. The summed E-state index contributed by atoms with van der Waals surface area (Å²) in [7, 11) is 2.02. The molecule has 0 aromatic carbocycles. The fraction of sp³-hybridized carbons (Fsp3) is 0.643. The van der Waals surface area contributed by atoms with Crippen molar-refractivity contribution in [2.45, 2.75) is 50.0 Å². The molecule has 4 heteroatoms. The molecule has 1 spiro atoms. The first kappa shape index (κ1) is 10.6. The average Bonchev–Trinajstić information content (AvgIpc) is 3.05. The topological polar surface area (TPSA) is 39.0 Å². The standard InChI is InChI=1S/C14H18N2O2/c1-16-9-5-6-10(16)12-15-14(7-3-2-4-8-14)11-13(17-11)18-12/h5-6,9,11,13H,2-4,7-8H2,1H3. The average molecular weight is 246 g/mol. The third-order valence-electron chi connectivity index (χ3n) is 4.42. The molecular weight excluding hydrogens is 228 g/mol. The highest BCUT2D eigenvalue weighted by Crippen LogP contribution is 2.48. The minimum atomic E-state index is -0.0505. The maximum absolute atomic E-state index is 5.82. The summed E-state index contributed by atoms with van der Waals surface area (Å²) in [4.78, 5) is 4.95. The Morgan fingerprint density at radius 3 is 2.89 bits per heavy atom. The molecule has 18 heavy (non-hydrogen) atoms. The number of aryl methyl sites for hydroxylation is 1. The summed E-state index contributed by atoms with van der Waals surface area (Å²) >= 11 is 0. The predicted octanol–water partition coefficient (Wildman–Crippen LogP) is 2.23. The quantitative estimate of drug-likeness (QED) is 0.713. The van der Waals surface area contributed by atoms with Gasteiger partial charge >= 0.3 is 0 Å². The molecular formula is C14H18N2O2. The molecule has 0 radical (unpaired) electrons. The van der Waals surface area contributed by atoms with Crippen molar-refractivity contribution in [1.29, 1.82) is 0 Å². The lowest BCUT2D eigenvalue weighted by atomic mass is 9.79. The molecule has 0 amide bonds. The van der Waals surface area contributed by atoms with Gasteiger partial charge in [0.2, 0.25) is 12.2 Å². The van der Waals surface area contributed by atoms with Crippen LogP contribution >= 0.6 is 0 Å². The molecule has 2 unspecified atom stereocenters. The number of rotatable bonds is 1. The number of ether oxygens (including phenoxy) is 2. The van der Waals surface area contributed by atoms with Crippen LogP contribution in [0.15, 0.2) is 23.3 Å². The molecule has 2 aliphatic heterocycles. The Morgan fingerprint density at radius 2 is 2.17 bits per heavy atom. The summed E-state index contributed by atoms with van der Waals surface area (Å²) in [6.07, 6.45) is 8.32. The van der Waals surface area contributed by atoms with Crippen LogP contribution in [0.2, 0.25) is 0 Å².